The summed E-state index contributed by atoms with van der Waals surface area (Å²) in [6, 6.07) is 26.9. The van der Waals surface area contributed by atoms with Crippen molar-refractivity contribution in [3.63, 3.8) is 0 Å². The van der Waals surface area contributed by atoms with Crippen LogP contribution in [0.5, 0.6) is 0 Å². The first-order valence-corrected chi connectivity index (χ1v) is 14.8. The number of amides is 3. The molecule has 228 valence electrons. The molecular weight excluding hydrogens is 550 g/mol. The molecule has 2 atom stereocenters. The maximum atomic E-state index is 14.5. The summed E-state index contributed by atoms with van der Waals surface area (Å²) in [6.45, 7) is 13.1. The number of aryl methyl sites for hydroxylation is 2. The van der Waals surface area contributed by atoms with Gasteiger partial charge in [0.25, 0.3) is 5.91 Å². The van der Waals surface area contributed by atoms with E-state index in [2.05, 4.69) is 17.2 Å². The van der Waals surface area contributed by atoms with Crippen molar-refractivity contribution in [1.82, 2.24) is 10.2 Å². The predicted octanol–water partition coefficient (Wildman–Crippen LogP) is 7.29. The Morgan fingerprint density at radius 2 is 1.57 bits per heavy atom. The molecule has 4 aromatic rings. The highest BCUT2D eigenvalue weighted by Gasteiger charge is 2.36. The van der Waals surface area contributed by atoms with Crippen molar-refractivity contribution in [2.75, 3.05) is 11.9 Å². The molecule has 2 N–H and O–H groups in total. The summed E-state index contributed by atoms with van der Waals surface area (Å²) in [5.74, 6) is -0.806. The summed E-state index contributed by atoms with van der Waals surface area (Å²) in [5, 5.41) is 7.87. The van der Waals surface area contributed by atoms with Gasteiger partial charge in [0.2, 0.25) is 5.91 Å². The third kappa shape index (κ3) is 8.34. The fraction of sp³-hybridized carbons (Fsp3) is 0.270. The molecule has 4 aromatic carbocycles. The first kappa shape index (κ1) is 32.0. The Labute approximate surface area is 259 Å². The van der Waals surface area contributed by atoms with Gasteiger partial charge in [-0.05, 0) is 74.2 Å². The molecule has 3 amide bonds. The third-order valence-electron chi connectivity index (χ3n) is 7.19. The summed E-state index contributed by atoms with van der Waals surface area (Å²) < 4.78 is 5.52. The molecule has 7 nitrogen and oxygen atoms in total. The zero-order valence-corrected chi connectivity index (χ0v) is 26.1. The summed E-state index contributed by atoms with van der Waals surface area (Å²) in [4.78, 5) is 43.2. The smallest absolute Gasteiger partial charge is 0.408 e. The Morgan fingerprint density at radius 3 is 2.25 bits per heavy atom. The van der Waals surface area contributed by atoms with Crippen LogP contribution in [0.3, 0.4) is 0 Å². The topological polar surface area (TPSA) is 87.7 Å². The van der Waals surface area contributed by atoms with Gasteiger partial charge in [0.1, 0.15) is 17.7 Å². The maximum Gasteiger partial charge on any atom is 0.408 e. The normalized spacial score (nSPS) is 12.6. The van der Waals surface area contributed by atoms with Gasteiger partial charge >= 0.3 is 6.09 Å². The standard InChI is InChI=1S/C37H41N3O4/c1-7-21-40(35(42)32(23-27-13-9-8-10-14-27)39-36(43)44-37(4,5)6)33(31-22-25(2)17-18-26(31)3)34(41)38-30-20-19-28-15-11-12-16-29(28)24-30/h7-20,22,24,32-33H,1,21,23H2,2-6H3,(H,38,41)(H,39,43). The largest absolute Gasteiger partial charge is 0.444 e. The van der Waals surface area contributed by atoms with Crippen molar-refractivity contribution in [2.24, 2.45) is 0 Å². The average Bonchev–Trinajstić information content (AvgIpc) is 2.97. The Kier molecular flexibility index (Phi) is 10.2. The molecule has 2 unspecified atom stereocenters. The average molecular weight is 592 g/mol. The first-order chi connectivity index (χ1) is 20.9. The monoisotopic (exact) mass is 591 g/mol. The molecule has 0 spiro atoms. The molecule has 0 saturated carbocycles. The molecule has 0 radical (unpaired) electrons. The van der Waals surface area contributed by atoms with E-state index in [0.717, 1.165) is 27.5 Å². The quantitative estimate of drug-likeness (QED) is 0.190. The molecular formula is C37H41N3O4. The minimum absolute atomic E-state index is 0.0727. The molecule has 0 aromatic heterocycles. The second-order valence-electron chi connectivity index (χ2n) is 12.0. The minimum atomic E-state index is -1.01. The van der Waals surface area contributed by atoms with Crippen molar-refractivity contribution < 1.29 is 19.1 Å². The van der Waals surface area contributed by atoms with Crippen LogP contribution < -0.4 is 10.6 Å². The molecule has 4 rings (SSSR count). The first-order valence-electron chi connectivity index (χ1n) is 14.8. The number of nitrogens with zero attached hydrogens (tertiary/aromatic N) is 1. The van der Waals surface area contributed by atoms with Crippen LogP contribution in [0.4, 0.5) is 10.5 Å². The zero-order chi connectivity index (χ0) is 31.9. The van der Waals surface area contributed by atoms with Crippen molar-refractivity contribution >= 4 is 34.4 Å². The second-order valence-corrected chi connectivity index (χ2v) is 12.0. The lowest BCUT2D eigenvalue weighted by Gasteiger charge is -2.34. The number of ether oxygens (including phenoxy) is 1. The van der Waals surface area contributed by atoms with Crippen LogP contribution in [0, 0.1) is 13.8 Å². The molecule has 0 aliphatic heterocycles. The van der Waals surface area contributed by atoms with Crippen molar-refractivity contribution in [1.29, 1.82) is 0 Å². The van der Waals surface area contributed by atoms with E-state index in [1.165, 1.54) is 4.90 Å². The van der Waals surface area contributed by atoms with Crippen molar-refractivity contribution in [2.45, 2.75) is 58.7 Å². The van der Waals surface area contributed by atoms with Crippen LogP contribution in [0.15, 0.2) is 104 Å². The van der Waals surface area contributed by atoms with Crippen LogP contribution in [0.25, 0.3) is 10.8 Å². The van der Waals surface area contributed by atoms with E-state index in [-0.39, 0.29) is 18.9 Å². The number of nitrogens with one attached hydrogen (secondary N) is 2. The van der Waals surface area contributed by atoms with E-state index in [0.29, 0.717) is 11.3 Å². The fourth-order valence-corrected chi connectivity index (χ4v) is 5.14. The number of anilines is 1. The number of benzene rings is 4. The lowest BCUT2D eigenvalue weighted by Crippen LogP contribution is -2.53. The zero-order valence-electron chi connectivity index (χ0n) is 26.1. The van der Waals surface area contributed by atoms with E-state index in [1.54, 1.807) is 26.8 Å². The van der Waals surface area contributed by atoms with Crippen LogP contribution >= 0.6 is 0 Å². The van der Waals surface area contributed by atoms with E-state index in [9.17, 15) is 14.4 Å². The van der Waals surface area contributed by atoms with Crippen LogP contribution in [-0.2, 0) is 20.7 Å². The molecule has 0 fully saturated rings. The number of hydrogen-bond donors (Lipinski definition) is 2. The number of hydrogen-bond acceptors (Lipinski definition) is 4. The van der Waals surface area contributed by atoms with E-state index >= 15 is 0 Å². The highest BCUT2D eigenvalue weighted by atomic mass is 16.6. The van der Waals surface area contributed by atoms with E-state index < -0.39 is 29.7 Å². The molecule has 0 saturated heterocycles. The number of fused-ring (bicyclic) bond motifs is 1. The van der Waals surface area contributed by atoms with Gasteiger partial charge in [-0.25, -0.2) is 4.79 Å². The molecule has 7 heteroatoms. The Bertz CT molecular complexity index is 1640. The third-order valence-corrected chi connectivity index (χ3v) is 7.19. The number of alkyl carbamates (subject to hydrolysis) is 1. The van der Waals surface area contributed by atoms with Crippen LogP contribution in [-0.4, -0.2) is 41.0 Å². The SMILES string of the molecule is C=CCN(C(=O)C(Cc1ccccc1)NC(=O)OC(C)(C)C)C(C(=O)Nc1ccc2ccccc2c1)c1cc(C)ccc1C. The lowest BCUT2D eigenvalue weighted by molar-refractivity contribution is -0.140. The highest BCUT2D eigenvalue weighted by Crippen LogP contribution is 2.29. The molecule has 44 heavy (non-hydrogen) atoms. The molecule has 0 heterocycles. The predicted molar refractivity (Wildman–Crippen MR) is 176 cm³/mol. The van der Waals surface area contributed by atoms with Crippen molar-refractivity contribution in [3.05, 3.63) is 126 Å². The van der Waals surface area contributed by atoms with Gasteiger partial charge in [-0.15, -0.1) is 6.58 Å². The van der Waals surface area contributed by atoms with Crippen LogP contribution in [0.1, 0.15) is 49.1 Å². The number of carbonyl (C=O) groups is 3. The Balaban J connectivity index is 1.76. The summed E-state index contributed by atoms with van der Waals surface area (Å²) >= 11 is 0. The summed E-state index contributed by atoms with van der Waals surface area (Å²) in [6.07, 6.45) is 1.08. The lowest BCUT2D eigenvalue weighted by atomic mass is 9.95. The molecule has 0 bridgehead atoms. The van der Waals surface area contributed by atoms with Crippen LogP contribution in [0.2, 0.25) is 0 Å². The van der Waals surface area contributed by atoms with Crippen molar-refractivity contribution in [3.8, 4) is 0 Å². The van der Waals surface area contributed by atoms with Gasteiger partial charge in [-0.1, -0.05) is 90.5 Å². The highest BCUT2D eigenvalue weighted by molar-refractivity contribution is 6.00. The maximum absolute atomic E-state index is 14.5. The minimum Gasteiger partial charge on any atom is -0.444 e. The van der Waals surface area contributed by atoms with Gasteiger partial charge in [0.15, 0.2) is 0 Å². The van der Waals surface area contributed by atoms with Gasteiger partial charge in [-0.3, -0.25) is 9.59 Å². The number of carbonyl (C=O) groups excluding carboxylic acids is 3. The van der Waals surface area contributed by atoms with E-state index in [4.69, 9.17) is 4.74 Å². The van der Waals surface area contributed by atoms with E-state index in [1.807, 2.05) is 105 Å². The molecule has 0 aliphatic rings. The summed E-state index contributed by atoms with van der Waals surface area (Å²) in [5.41, 5.74) is 3.21. The Hall–Kier alpha value is -4.91. The summed E-state index contributed by atoms with van der Waals surface area (Å²) in [7, 11) is 0. The second kappa shape index (κ2) is 14.0. The number of rotatable bonds is 10. The fourth-order valence-electron chi connectivity index (χ4n) is 5.14. The van der Waals surface area contributed by atoms with Gasteiger partial charge in [0, 0.05) is 18.7 Å². The van der Waals surface area contributed by atoms with Gasteiger partial charge in [0.05, 0.1) is 0 Å². The van der Waals surface area contributed by atoms with Gasteiger partial charge in [-0.2, -0.15) is 0 Å². The Morgan fingerprint density at radius 1 is 0.886 bits per heavy atom. The van der Waals surface area contributed by atoms with Gasteiger partial charge < -0.3 is 20.3 Å². The molecule has 0 aliphatic carbocycles.